The monoisotopic (exact) mass is 366 g/mol. The molecule has 21 heavy (non-hydrogen) atoms. The highest BCUT2D eigenvalue weighted by atomic mass is 79.9. The van der Waals surface area contributed by atoms with Gasteiger partial charge >= 0.3 is 0 Å². The molecule has 1 heterocycles. The molecule has 4 heteroatoms. The first kappa shape index (κ1) is 16.7. The zero-order chi connectivity index (χ0) is 15.2. The van der Waals surface area contributed by atoms with Crippen LogP contribution in [0, 0.1) is 6.92 Å². The summed E-state index contributed by atoms with van der Waals surface area (Å²) in [6, 6.07) is 10.8. The lowest BCUT2D eigenvalue weighted by atomic mass is 10.2. The molecule has 2 nitrogen and oxygen atoms in total. The van der Waals surface area contributed by atoms with Crippen LogP contribution in [-0.2, 0) is 19.6 Å². The topological polar surface area (TPSA) is 15.3 Å². The summed E-state index contributed by atoms with van der Waals surface area (Å²) < 4.78 is 1.19. The van der Waals surface area contributed by atoms with E-state index in [0.717, 1.165) is 26.2 Å². The van der Waals surface area contributed by atoms with Gasteiger partial charge in [-0.3, -0.25) is 4.90 Å². The minimum Gasteiger partial charge on any atom is -0.312 e. The molecular formula is C17H23BrN2S. The van der Waals surface area contributed by atoms with Crippen molar-refractivity contribution in [1.29, 1.82) is 0 Å². The molecule has 0 saturated heterocycles. The molecule has 0 radical (unpaired) electrons. The molecular weight excluding hydrogens is 344 g/mol. The molecule has 1 N–H and O–H groups in total. The number of hydrogen-bond acceptors (Lipinski definition) is 3. The van der Waals surface area contributed by atoms with Crippen molar-refractivity contribution in [3.05, 3.63) is 55.7 Å². The van der Waals surface area contributed by atoms with Gasteiger partial charge in [-0.25, -0.2) is 0 Å². The van der Waals surface area contributed by atoms with Gasteiger partial charge in [0, 0.05) is 33.9 Å². The van der Waals surface area contributed by atoms with Crippen molar-refractivity contribution in [3.63, 3.8) is 0 Å². The third-order valence-corrected chi connectivity index (χ3v) is 5.33. The van der Waals surface area contributed by atoms with Crippen LogP contribution in [0.3, 0.4) is 0 Å². The van der Waals surface area contributed by atoms with E-state index in [1.54, 1.807) is 0 Å². The first-order valence-electron chi connectivity index (χ1n) is 7.31. The second kappa shape index (κ2) is 8.08. The van der Waals surface area contributed by atoms with Gasteiger partial charge in [-0.2, -0.15) is 0 Å². The predicted octanol–water partition coefficient (Wildman–Crippen LogP) is 4.56. The first-order chi connectivity index (χ1) is 10.1. The molecule has 0 aliphatic carbocycles. The lowest BCUT2D eigenvalue weighted by Gasteiger charge is -2.17. The molecule has 0 aliphatic heterocycles. The first-order valence-corrected chi connectivity index (χ1v) is 8.92. The van der Waals surface area contributed by atoms with Crippen LogP contribution < -0.4 is 5.32 Å². The molecule has 0 spiro atoms. The molecule has 0 saturated carbocycles. The largest absolute Gasteiger partial charge is 0.312 e. The molecule has 2 rings (SSSR count). The van der Waals surface area contributed by atoms with Gasteiger partial charge < -0.3 is 5.32 Å². The lowest BCUT2D eigenvalue weighted by molar-refractivity contribution is 0.318. The maximum Gasteiger partial charge on any atom is 0.0299 e. The highest BCUT2D eigenvalue weighted by molar-refractivity contribution is 9.10. The van der Waals surface area contributed by atoms with Crippen molar-refractivity contribution in [2.24, 2.45) is 0 Å². The number of thiophene rings is 1. The molecule has 0 atom stereocenters. The fourth-order valence-corrected chi connectivity index (χ4v) is 3.78. The minimum absolute atomic E-state index is 0.958. The Labute approximate surface area is 140 Å². The second-order valence-corrected chi connectivity index (χ2v) is 7.53. The summed E-state index contributed by atoms with van der Waals surface area (Å²) in [5.74, 6) is 0. The van der Waals surface area contributed by atoms with Crippen LogP contribution in [0.4, 0.5) is 0 Å². The van der Waals surface area contributed by atoms with Crippen molar-refractivity contribution in [2.45, 2.75) is 33.5 Å². The van der Waals surface area contributed by atoms with Crippen LogP contribution in [-0.4, -0.2) is 18.5 Å². The molecule has 0 fully saturated rings. The average molecular weight is 367 g/mol. The zero-order valence-corrected chi connectivity index (χ0v) is 15.4. The summed E-state index contributed by atoms with van der Waals surface area (Å²) in [5, 5.41) is 3.40. The number of nitrogens with one attached hydrogen (secondary N) is 1. The lowest BCUT2D eigenvalue weighted by Crippen LogP contribution is -2.17. The van der Waals surface area contributed by atoms with Gasteiger partial charge in [-0.1, -0.05) is 41.1 Å². The number of benzene rings is 1. The van der Waals surface area contributed by atoms with Gasteiger partial charge in [0.05, 0.1) is 0 Å². The van der Waals surface area contributed by atoms with Crippen LogP contribution in [0.15, 0.2) is 34.8 Å². The van der Waals surface area contributed by atoms with Crippen LogP contribution in [0.2, 0.25) is 0 Å². The number of aryl methyl sites for hydroxylation is 1. The SMILES string of the molecule is CCNCc1cc(CN(C)Cc2ccccc2Br)c(C)s1. The van der Waals surface area contributed by atoms with Gasteiger partial charge in [0.1, 0.15) is 0 Å². The van der Waals surface area contributed by atoms with E-state index in [-0.39, 0.29) is 0 Å². The van der Waals surface area contributed by atoms with Crippen molar-refractivity contribution < 1.29 is 0 Å². The Morgan fingerprint density at radius 2 is 1.90 bits per heavy atom. The highest BCUT2D eigenvalue weighted by Gasteiger charge is 2.09. The smallest absolute Gasteiger partial charge is 0.0299 e. The maximum absolute atomic E-state index is 3.62. The van der Waals surface area contributed by atoms with Crippen molar-refractivity contribution in [3.8, 4) is 0 Å². The Morgan fingerprint density at radius 3 is 2.62 bits per heavy atom. The number of nitrogens with zero attached hydrogens (tertiary/aromatic N) is 1. The minimum atomic E-state index is 0.958. The second-order valence-electron chi connectivity index (χ2n) is 5.34. The van der Waals surface area contributed by atoms with E-state index in [1.165, 1.54) is 25.4 Å². The Morgan fingerprint density at radius 1 is 1.19 bits per heavy atom. The van der Waals surface area contributed by atoms with Gasteiger partial charge in [0.25, 0.3) is 0 Å². The molecule has 1 aromatic heterocycles. The molecule has 0 bridgehead atoms. The standard InChI is InChI=1S/C17H23BrN2S/c1-4-19-10-16-9-15(13(2)21-16)12-20(3)11-14-7-5-6-8-17(14)18/h5-9,19H,4,10-12H2,1-3H3. The Kier molecular flexibility index (Phi) is 6.42. The molecule has 0 unspecified atom stereocenters. The normalized spacial score (nSPS) is 11.3. The zero-order valence-electron chi connectivity index (χ0n) is 12.9. The molecule has 114 valence electrons. The van der Waals surface area contributed by atoms with E-state index in [9.17, 15) is 0 Å². The maximum atomic E-state index is 3.62. The fraction of sp³-hybridized carbons (Fsp3) is 0.412. The van der Waals surface area contributed by atoms with Crippen LogP contribution in [0.1, 0.15) is 27.8 Å². The van der Waals surface area contributed by atoms with Gasteiger partial charge in [-0.05, 0) is 43.8 Å². The quantitative estimate of drug-likeness (QED) is 0.772. The summed E-state index contributed by atoms with van der Waals surface area (Å²) in [6.07, 6.45) is 0. The number of rotatable bonds is 7. The number of halogens is 1. The van der Waals surface area contributed by atoms with Crippen molar-refractivity contribution in [2.75, 3.05) is 13.6 Å². The van der Waals surface area contributed by atoms with Crippen molar-refractivity contribution in [1.82, 2.24) is 10.2 Å². The van der Waals surface area contributed by atoms with E-state index in [0.29, 0.717) is 0 Å². The summed E-state index contributed by atoms with van der Waals surface area (Å²) in [6.45, 7) is 8.33. The summed E-state index contributed by atoms with van der Waals surface area (Å²) in [4.78, 5) is 5.23. The van der Waals surface area contributed by atoms with Crippen LogP contribution in [0.25, 0.3) is 0 Å². The van der Waals surface area contributed by atoms with Gasteiger partial charge in [0.15, 0.2) is 0 Å². The van der Waals surface area contributed by atoms with Crippen molar-refractivity contribution >= 4 is 27.3 Å². The van der Waals surface area contributed by atoms with Gasteiger partial charge in [-0.15, -0.1) is 11.3 Å². The summed E-state index contributed by atoms with van der Waals surface area (Å²) in [5.41, 5.74) is 2.78. The summed E-state index contributed by atoms with van der Waals surface area (Å²) >= 11 is 5.53. The van der Waals surface area contributed by atoms with Crippen LogP contribution in [0.5, 0.6) is 0 Å². The third kappa shape index (κ3) is 4.92. The molecule has 0 amide bonds. The molecule has 0 aliphatic rings. The van der Waals surface area contributed by atoms with E-state index in [1.807, 2.05) is 11.3 Å². The Bertz CT molecular complexity index is 580. The average Bonchev–Trinajstić information content (AvgIpc) is 2.79. The van der Waals surface area contributed by atoms with E-state index >= 15 is 0 Å². The third-order valence-electron chi connectivity index (χ3n) is 3.46. The summed E-state index contributed by atoms with van der Waals surface area (Å²) in [7, 11) is 2.18. The predicted molar refractivity (Wildman–Crippen MR) is 95.7 cm³/mol. The number of hydrogen-bond donors (Lipinski definition) is 1. The van der Waals surface area contributed by atoms with E-state index in [4.69, 9.17) is 0 Å². The molecule has 1 aromatic carbocycles. The Balaban J connectivity index is 1.98. The Hall–Kier alpha value is -0.680. The van der Waals surface area contributed by atoms with Crippen LogP contribution >= 0.6 is 27.3 Å². The van der Waals surface area contributed by atoms with E-state index < -0.39 is 0 Å². The van der Waals surface area contributed by atoms with E-state index in [2.05, 4.69) is 77.4 Å². The molecule has 2 aromatic rings. The highest BCUT2D eigenvalue weighted by Crippen LogP contribution is 2.24. The fourth-order valence-electron chi connectivity index (χ4n) is 2.34. The van der Waals surface area contributed by atoms with Gasteiger partial charge in [0.2, 0.25) is 0 Å².